The second-order valence-electron chi connectivity index (χ2n) is 26.4. The smallest absolute Gasteiger partial charge is 0.139 e. The Morgan fingerprint density at radius 2 is 0.625 bits per heavy atom. The van der Waals surface area contributed by atoms with Gasteiger partial charge in [0.15, 0.2) is 0 Å². The molecule has 3 nitrogen and oxygen atoms in total. The molecule has 0 amide bonds. The van der Waals surface area contributed by atoms with E-state index in [1.54, 1.807) is 0 Å². The maximum atomic E-state index is 8.20. The molecule has 6 aromatic rings. The van der Waals surface area contributed by atoms with Crippen LogP contribution in [0.5, 0.6) is 34.5 Å². The van der Waals surface area contributed by atoms with Crippen molar-refractivity contribution in [3.63, 3.8) is 0 Å². The standard InChI is InChI=1S/C75H100O3P2/c1-13-19-23-27-31-53-35-39-61-65(45-53)79(66-46-54(32-28-24-20-14-2)36-40-62(66)76-61)69-49-57(51-73(7,8)17-5)43-59-71(69)78-72-60(75(59,11)12)44-58(52-74(9,10)18-6)50-70(72)80-67-47-55(33-29-25-21-15-3)37-41-63(67)77-64-42-38-56(48-68(64)80)34-30-26-22-16-4/h35-50H,13-34,51-52H2,1-12H3. The maximum absolute atomic E-state index is 8.20. The Balaban J connectivity index is 1.30. The molecule has 0 radical (unpaired) electrons. The quantitative estimate of drug-likeness (QED) is 0.0361. The highest BCUT2D eigenvalue weighted by Crippen LogP contribution is 2.57. The molecule has 3 aliphatic rings. The van der Waals surface area contributed by atoms with E-state index in [1.165, 1.54) is 179 Å². The summed E-state index contributed by atoms with van der Waals surface area (Å²) >= 11 is 0. The fraction of sp³-hybridized carbons (Fsp3) is 0.520. The topological polar surface area (TPSA) is 27.7 Å². The van der Waals surface area contributed by atoms with Gasteiger partial charge in [-0.3, -0.25) is 0 Å². The first-order valence-electron chi connectivity index (χ1n) is 32.1. The van der Waals surface area contributed by atoms with Crippen LogP contribution in [0, 0.1) is 10.8 Å². The minimum absolute atomic E-state index is 0.126. The van der Waals surface area contributed by atoms with Crippen LogP contribution in [-0.4, -0.2) is 0 Å². The summed E-state index contributed by atoms with van der Waals surface area (Å²) in [5.41, 5.74) is 11.0. The molecule has 0 spiro atoms. The van der Waals surface area contributed by atoms with Gasteiger partial charge < -0.3 is 14.2 Å². The second kappa shape index (κ2) is 26.9. The lowest BCUT2D eigenvalue weighted by Crippen LogP contribution is -2.36. The molecule has 80 heavy (non-hydrogen) atoms. The Morgan fingerprint density at radius 3 is 0.900 bits per heavy atom. The summed E-state index contributed by atoms with van der Waals surface area (Å²) in [6.45, 7) is 28.8. The Kier molecular flexibility index (Phi) is 20.2. The highest BCUT2D eigenvalue weighted by atomic mass is 31.1. The molecule has 0 saturated carbocycles. The van der Waals surface area contributed by atoms with Crippen LogP contribution in [0.25, 0.3) is 0 Å². The summed E-state index contributed by atoms with van der Waals surface area (Å²) in [6, 6.07) is 39.2. The molecule has 0 aromatic heterocycles. The van der Waals surface area contributed by atoms with Crippen LogP contribution in [0.3, 0.4) is 0 Å². The van der Waals surface area contributed by atoms with E-state index in [0.717, 1.165) is 85.9 Å². The van der Waals surface area contributed by atoms with E-state index in [2.05, 4.69) is 180 Å². The molecule has 6 aromatic carbocycles. The highest BCUT2D eigenvalue weighted by Gasteiger charge is 2.44. The molecule has 5 heteroatoms. The number of unbranched alkanes of at least 4 members (excludes halogenated alkanes) is 12. The minimum atomic E-state index is -1.11. The molecular weight excluding hydrogens is 1010 g/mol. The normalized spacial score (nSPS) is 14.5. The molecule has 3 aliphatic heterocycles. The van der Waals surface area contributed by atoms with Crippen LogP contribution in [0.2, 0.25) is 0 Å². The van der Waals surface area contributed by atoms with E-state index >= 15 is 0 Å². The van der Waals surface area contributed by atoms with Crippen molar-refractivity contribution in [3.05, 3.63) is 142 Å². The summed E-state index contributed by atoms with van der Waals surface area (Å²) < 4.78 is 22.4. The molecule has 9 rings (SSSR count). The maximum Gasteiger partial charge on any atom is 0.139 e. The van der Waals surface area contributed by atoms with E-state index in [0.29, 0.717) is 0 Å². The van der Waals surface area contributed by atoms with E-state index in [1.807, 2.05) is 0 Å². The molecule has 0 saturated heterocycles. The lowest BCUT2D eigenvalue weighted by atomic mass is 9.73. The van der Waals surface area contributed by atoms with Crippen molar-refractivity contribution >= 4 is 47.7 Å². The minimum Gasteiger partial charge on any atom is -0.456 e. The third-order valence-corrected chi connectivity index (χ3v) is 23.3. The Labute approximate surface area is 488 Å². The zero-order valence-corrected chi connectivity index (χ0v) is 53.6. The van der Waals surface area contributed by atoms with Gasteiger partial charge in [0.05, 0.1) is 0 Å². The van der Waals surface area contributed by atoms with Crippen LogP contribution in [-0.2, 0) is 43.9 Å². The summed E-state index contributed by atoms with van der Waals surface area (Å²) in [5, 5.41) is 7.99. The van der Waals surface area contributed by atoms with Gasteiger partial charge in [0.25, 0.3) is 0 Å². The third kappa shape index (κ3) is 13.8. The largest absolute Gasteiger partial charge is 0.456 e. The zero-order valence-electron chi connectivity index (χ0n) is 51.8. The van der Waals surface area contributed by atoms with Crippen molar-refractivity contribution in [3.8, 4) is 34.5 Å². The van der Waals surface area contributed by atoms with E-state index in [4.69, 9.17) is 14.2 Å². The first-order chi connectivity index (χ1) is 38.6. The number of aryl methyl sites for hydroxylation is 4. The summed E-state index contributed by atoms with van der Waals surface area (Å²) in [6.07, 6.45) is 28.5. The molecule has 0 atom stereocenters. The van der Waals surface area contributed by atoms with Gasteiger partial charge in [0, 0.05) is 48.4 Å². The lowest BCUT2D eigenvalue weighted by Gasteiger charge is -2.41. The van der Waals surface area contributed by atoms with Crippen LogP contribution in [0.4, 0.5) is 0 Å². The number of rotatable bonds is 28. The van der Waals surface area contributed by atoms with Crippen LogP contribution < -0.4 is 46.0 Å². The van der Waals surface area contributed by atoms with Gasteiger partial charge in [-0.25, -0.2) is 0 Å². The SMILES string of the molecule is CCCCCCc1ccc2c(c1)P(c1cc(CC(C)(C)CC)cc3c1Oc1c(P4c5cc(CCCCCC)ccc5Oc5ccc(CCCCCC)cc54)cc(CC(C)(C)CC)cc1C3(C)C)c1cc(CCCCCC)ccc1O2. The van der Waals surface area contributed by atoms with Crippen molar-refractivity contribution in [1.82, 2.24) is 0 Å². The molecule has 428 valence electrons. The van der Waals surface area contributed by atoms with Gasteiger partial charge in [-0.05, 0) is 185 Å². The predicted octanol–water partition coefficient (Wildman–Crippen LogP) is 20.3. The van der Waals surface area contributed by atoms with Gasteiger partial charge in [0.1, 0.15) is 34.5 Å². The van der Waals surface area contributed by atoms with Crippen molar-refractivity contribution < 1.29 is 14.2 Å². The Bertz CT molecular complexity index is 2740. The van der Waals surface area contributed by atoms with Crippen molar-refractivity contribution in [2.75, 3.05) is 0 Å². The molecule has 3 heterocycles. The van der Waals surface area contributed by atoms with Crippen LogP contribution in [0.1, 0.15) is 243 Å². The fourth-order valence-electron chi connectivity index (χ4n) is 12.6. The number of fused-ring (bicyclic) bond motifs is 6. The highest BCUT2D eigenvalue weighted by molar-refractivity contribution is 7.81. The zero-order chi connectivity index (χ0) is 56.6. The second-order valence-corrected chi connectivity index (χ2v) is 30.7. The monoisotopic (exact) mass is 1110 g/mol. The molecule has 0 aliphatic carbocycles. The van der Waals surface area contributed by atoms with Crippen LogP contribution in [0.15, 0.2) is 97.1 Å². The number of hydrogen-bond acceptors (Lipinski definition) is 3. The van der Waals surface area contributed by atoms with E-state index in [9.17, 15) is 0 Å². The number of ether oxygens (including phenoxy) is 3. The van der Waals surface area contributed by atoms with Crippen LogP contribution >= 0.6 is 15.8 Å². The number of hydrogen-bond donors (Lipinski definition) is 0. The van der Waals surface area contributed by atoms with Gasteiger partial charge in [-0.15, -0.1) is 0 Å². The van der Waals surface area contributed by atoms with Gasteiger partial charge in [-0.2, -0.15) is 0 Å². The Morgan fingerprint density at radius 1 is 0.338 bits per heavy atom. The third-order valence-electron chi connectivity index (χ3n) is 18.3. The molecule has 0 fully saturated rings. The first kappa shape index (κ1) is 60.2. The van der Waals surface area contributed by atoms with Crippen molar-refractivity contribution in [2.45, 2.75) is 243 Å². The molecule has 0 bridgehead atoms. The first-order valence-corrected chi connectivity index (χ1v) is 34.8. The number of benzene rings is 6. The average Bonchev–Trinajstić information content (AvgIpc) is 3.44. The summed E-state index contributed by atoms with van der Waals surface area (Å²) in [5.74, 6) is 6.12. The fourth-order valence-corrected chi connectivity index (χ4v) is 18.0. The molecule has 0 N–H and O–H groups in total. The Hall–Kier alpha value is -4.42. The van der Waals surface area contributed by atoms with Gasteiger partial charge >= 0.3 is 0 Å². The van der Waals surface area contributed by atoms with Gasteiger partial charge in [-0.1, -0.05) is 209 Å². The van der Waals surface area contributed by atoms with Crippen molar-refractivity contribution in [2.24, 2.45) is 10.8 Å². The summed E-state index contributed by atoms with van der Waals surface area (Å²) in [4.78, 5) is 0. The molecular formula is C75H100O3P2. The predicted molar refractivity (Wildman–Crippen MR) is 350 cm³/mol. The lowest BCUT2D eigenvalue weighted by molar-refractivity contribution is 0.347. The van der Waals surface area contributed by atoms with Gasteiger partial charge in [0.2, 0.25) is 0 Å². The molecule has 0 unspecified atom stereocenters. The van der Waals surface area contributed by atoms with E-state index < -0.39 is 15.8 Å². The van der Waals surface area contributed by atoms with Crippen molar-refractivity contribution in [1.29, 1.82) is 0 Å². The average molecular weight is 1110 g/mol. The summed E-state index contributed by atoms with van der Waals surface area (Å²) in [7, 11) is -2.22. The van der Waals surface area contributed by atoms with E-state index in [-0.39, 0.29) is 16.2 Å².